The fourth-order valence-electron chi connectivity index (χ4n) is 2.30. The van der Waals surface area contributed by atoms with Crippen molar-refractivity contribution in [3.63, 3.8) is 0 Å². The second kappa shape index (κ2) is 7.53. The molecule has 21 heavy (non-hydrogen) atoms. The molecule has 0 aliphatic heterocycles. The normalized spacial score (nSPS) is 12.2. The van der Waals surface area contributed by atoms with Gasteiger partial charge in [-0.2, -0.15) is 11.8 Å². The molecular formula is C18H23NOS. The predicted molar refractivity (Wildman–Crippen MR) is 92.0 cm³/mol. The SMILES string of the molecule is COc1ccc(C)cc1C(N)CSCc1ccccc1C. The smallest absolute Gasteiger partial charge is 0.123 e. The summed E-state index contributed by atoms with van der Waals surface area (Å²) in [5.74, 6) is 2.76. The van der Waals surface area contributed by atoms with Gasteiger partial charge in [-0.15, -0.1) is 0 Å². The van der Waals surface area contributed by atoms with E-state index in [0.717, 1.165) is 22.8 Å². The number of rotatable bonds is 6. The first kappa shape index (κ1) is 15.9. The molecule has 0 saturated heterocycles. The van der Waals surface area contributed by atoms with Crippen LogP contribution < -0.4 is 10.5 Å². The molecule has 0 saturated carbocycles. The third-order valence-corrected chi connectivity index (χ3v) is 4.71. The van der Waals surface area contributed by atoms with Gasteiger partial charge in [0.05, 0.1) is 7.11 Å². The highest BCUT2D eigenvalue weighted by Crippen LogP contribution is 2.28. The molecule has 2 N–H and O–H groups in total. The van der Waals surface area contributed by atoms with Crippen LogP contribution in [-0.2, 0) is 5.75 Å². The molecule has 1 unspecified atom stereocenters. The van der Waals surface area contributed by atoms with E-state index >= 15 is 0 Å². The molecule has 2 rings (SSSR count). The number of hydrogen-bond acceptors (Lipinski definition) is 3. The number of thioether (sulfide) groups is 1. The third-order valence-electron chi connectivity index (χ3n) is 3.60. The molecule has 0 aliphatic carbocycles. The Kier molecular flexibility index (Phi) is 5.71. The highest BCUT2D eigenvalue weighted by molar-refractivity contribution is 7.98. The molecule has 0 aromatic heterocycles. The number of ether oxygens (including phenoxy) is 1. The lowest BCUT2D eigenvalue weighted by atomic mass is 10.1. The minimum absolute atomic E-state index is 0.00568. The number of hydrogen-bond donors (Lipinski definition) is 1. The monoisotopic (exact) mass is 301 g/mol. The molecule has 2 aromatic carbocycles. The van der Waals surface area contributed by atoms with Gasteiger partial charge < -0.3 is 10.5 Å². The molecule has 2 aromatic rings. The van der Waals surface area contributed by atoms with Crippen molar-refractivity contribution in [2.24, 2.45) is 5.73 Å². The van der Waals surface area contributed by atoms with E-state index in [1.165, 1.54) is 16.7 Å². The second-order valence-corrected chi connectivity index (χ2v) is 6.32. The summed E-state index contributed by atoms with van der Waals surface area (Å²) < 4.78 is 5.42. The second-order valence-electron chi connectivity index (χ2n) is 5.29. The standard InChI is InChI=1S/C18H23NOS/c1-13-8-9-18(20-3)16(10-13)17(19)12-21-11-15-7-5-4-6-14(15)2/h4-10,17H,11-12,19H2,1-3H3. The van der Waals surface area contributed by atoms with Gasteiger partial charge in [-0.05, 0) is 31.0 Å². The molecule has 0 bridgehead atoms. The fraction of sp³-hybridized carbons (Fsp3) is 0.333. The maximum absolute atomic E-state index is 6.34. The number of benzene rings is 2. The lowest BCUT2D eigenvalue weighted by Crippen LogP contribution is -2.14. The summed E-state index contributed by atoms with van der Waals surface area (Å²) in [6.07, 6.45) is 0. The Morgan fingerprint density at radius 2 is 1.90 bits per heavy atom. The highest BCUT2D eigenvalue weighted by atomic mass is 32.2. The van der Waals surface area contributed by atoms with Crippen LogP contribution in [0.2, 0.25) is 0 Å². The maximum Gasteiger partial charge on any atom is 0.123 e. The molecule has 112 valence electrons. The summed E-state index contributed by atoms with van der Waals surface area (Å²) in [7, 11) is 1.70. The van der Waals surface area contributed by atoms with Gasteiger partial charge in [0.1, 0.15) is 5.75 Å². The molecule has 2 nitrogen and oxygen atoms in total. The zero-order valence-corrected chi connectivity index (χ0v) is 13.7. The fourth-order valence-corrected chi connectivity index (χ4v) is 3.40. The van der Waals surface area contributed by atoms with Crippen molar-refractivity contribution in [2.75, 3.05) is 12.9 Å². The van der Waals surface area contributed by atoms with E-state index < -0.39 is 0 Å². The van der Waals surface area contributed by atoms with Gasteiger partial charge in [-0.25, -0.2) is 0 Å². The van der Waals surface area contributed by atoms with Crippen molar-refractivity contribution in [3.8, 4) is 5.75 Å². The van der Waals surface area contributed by atoms with Gasteiger partial charge >= 0.3 is 0 Å². The Bertz CT molecular complexity index is 598. The van der Waals surface area contributed by atoms with E-state index in [1.807, 2.05) is 17.8 Å². The van der Waals surface area contributed by atoms with E-state index in [1.54, 1.807) is 7.11 Å². The Labute approximate surface area is 131 Å². The van der Waals surface area contributed by atoms with Crippen molar-refractivity contribution >= 4 is 11.8 Å². The van der Waals surface area contributed by atoms with E-state index in [4.69, 9.17) is 10.5 Å². The first-order valence-electron chi connectivity index (χ1n) is 7.14. The van der Waals surface area contributed by atoms with Gasteiger partial charge in [0.15, 0.2) is 0 Å². The van der Waals surface area contributed by atoms with Crippen molar-refractivity contribution in [3.05, 3.63) is 64.7 Å². The maximum atomic E-state index is 6.34. The molecule has 1 atom stereocenters. The first-order valence-corrected chi connectivity index (χ1v) is 8.29. The number of aryl methyl sites for hydroxylation is 2. The molecular weight excluding hydrogens is 278 g/mol. The van der Waals surface area contributed by atoms with Gasteiger partial charge in [0.2, 0.25) is 0 Å². The Balaban J connectivity index is 1.97. The molecule has 0 spiro atoms. The van der Waals surface area contributed by atoms with Crippen LogP contribution in [0, 0.1) is 13.8 Å². The van der Waals surface area contributed by atoms with E-state index in [-0.39, 0.29) is 6.04 Å². The van der Waals surface area contributed by atoms with Crippen LogP contribution in [0.15, 0.2) is 42.5 Å². The zero-order valence-electron chi connectivity index (χ0n) is 12.9. The minimum Gasteiger partial charge on any atom is -0.496 e. The molecule has 3 heteroatoms. The highest BCUT2D eigenvalue weighted by Gasteiger charge is 2.12. The van der Waals surface area contributed by atoms with Crippen LogP contribution in [-0.4, -0.2) is 12.9 Å². The molecule has 0 heterocycles. The van der Waals surface area contributed by atoms with Gasteiger partial charge in [-0.3, -0.25) is 0 Å². The molecule has 0 aliphatic rings. The van der Waals surface area contributed by atoms with Crippen LogP contribution >= 0.6 is 11.8 Å². The summed E-state index contributed by atoms with van der Waals surface area (Å²) in [4.78, 5) is 0. The van der Waals surface area contributed by atoms with Crippen LogP contribution in [0.3, 0.4) is 0 Å². The van der Waals surface area contributed by atoms with Crippen LogP contribution in [0.4, 0.5) is 0 Å². The van der Waals surface area contributed by atoms with Gasteiger partial charge in [0.25, 0.3) is 0 Å². The van der Waals surface area contributed by atoms with Crippen LogP contribution in [0.25, 0.3) is 0 Å². The quantitative estimate of drug-likeness (QED) is 0.866. The largest absolute Gasteiger partial charge is 0.496 e. The average molecular weight is 301 g/mol. The summed E-state index contributed by atoms with van der Waals surface area (Å²) in [6.45, 7) is 4.23. The lowest BCUT2D eigenvalue weighted by molar-refractivity contribution is 0.407. The van der Waals surface area contributed by atoms with Gasteiger partial charge in [0, 0.05) is 23.1 Å². The van der Waals surface area contributed by atoms with Crippen LogP contribution in [0.5, 0.6) is 5.75 Å². The van der Waals surface area contributed by atoms with Crippen molar-refractivity contribution in [1.29, 1.82) is 0 Å². The number of nitrogens with two attached hydrogens (primary N) is 1. The topological polar surface area (TPSA) is 35.2 Å². The van der Waals surface area contributed by atoms with Gasteiger partial charge in [-0.1, -0.05) is 42.0 Å². The van der Waals surface area contributed by atoms with E-state index in [0.29, 0.717) is 0 Å². The van der Waals surface area contributed by atoms with E-state index in [2.05, 4.69) is 50.2 Å². The Morgan fingerprint density at radius 1 is 1.14 bits per heavy atom. The third kappa shape index (κ3) is 4.26. The van der Waals surface area contributed by atoms with Crippen LogP contribution in [0.1, 0.15) is 28.3 Å². The Morgan fingerprint density at radius 3 is 2.62 bits per heavy atom. The van der Waals surface area contributed by atoms with E-state index in [9.17, 15) is 0 Å². The first-order chi connectivity index (χ1) is 10.1. The van der Waals surface area contributed by atoms with Crippen molar-refractivity contribution in [2.45, 2.75) is 25.6 Å². The Hall–Kier alpha value is -1.45. The molecule has 0 fully saturated rings. The summed E-state index contributed by atoms with van der Waals surface area (Å²) in [6, 6.07) is 14.7. The summed E-state index contributed by atoms with van der Waals surface area (Å²) >= 11 is 1.87. The summed E-state index contributed by atoms with van der Waals surface area (Å²) in [5.41, 5.74) is 11.4. The average Bonchev–Trinajstić information content (AvgIpc) is 2.49. The minimum atomic E-state index is -0.00568. The summed E-state index contributed by atoms with van der Waals surface area (Å²) in [5, 5.41) is 0. The lowest BCUT2D eigenvalue weighted by Gasteiger charge is -2.16. The zero-order chi connectivity index (χ0) is 15.2. The predicted octanol–water partition coefficient (Wildman–Crippen LogP) is 4.25. The number of methoxy groups -OCH3 is 1. The molecule has 0 radical (unpaired) electrons. The molecule has 0 amide bonds. The van der Waals surface area contributed by atoms with Crippen molar-refractivity contribution < 1.29 is 4.74 Å². The van der Waals surface area contributed by atoms with Crippen molar-refractivity contribution in [1.82, 2.24) is 0 Å².